The minimum absolute atomic E-state index is 0.443. The van der Waals surface area contributed by atoms with E-state index in [9.17, 15) is 0 Å². The number of nitrogens with one attached hydrogen (secondary N) is 1. The summed E-state index contributed by atoms with van der Waals surface area (Å²) in [5, 5.41) is 3.47. The molecule has 1 aromatic heterocycles. The molecule has 7 nitrogen and oxygen atoms in total. The third-order valence-corrected chi connectivity index (χ3v) is 6.28. The summed E-state index contributed by atoms with van der Waals surface area (Å²) in [7, 11) is 6.57. The first-order valence-corrected chi connectivity index (χ1v) is 11.5. The van der Waals surface area contributed by atoms with Gasteiger partial charge in [-0.25, -0.2) is 0 Å². The van der Waals surface area contributed by atoms with E-state index in [4.69, 9.17) is 18.9 Å². The van der Waals surface area contributed by atoms with E-state index >= 15 is 0 Å². The van der Waals surface area contributed by atoms with Gasteiger partial charge in [-0.3, -0.25) is 4.98 Å². The first-order valence-electron chi connectivity index (χ1n) is 11.5. The molecule has 2 aromatic carbocycles. The minimum atomic E-state index is 0.443. The number of hydrogen-bond donors (Lipinski definition) is 1. The molecule has 0 unspecified atom stereocenters. The molecule has 1 fully saturated rings. The van der Waals surface area contributed by atoms with Crippen LogP contribution in [0.4, 0.5) is 5.69 Å². The molecule has 3 aromatic rings. The van der Waals surface area contributed by atoms with Gasteiger partial charge in [-0.1, -0.05) is 6.07 Å². The van der Waals surface area contributed by atoms with Crippen LogP contribution in [0.2, 0.25) is 0 Å². The van der Waals surface area contributed by atoms with E-state index < -0.39 is 0 Å². The number of methoxy groups -OCH3 is 4. The van der Waals surface area contributed by atoms with Crippen LogP contribution in [0.25, 0.3) is 11.1 Å². The molecular formula is C27H33N3O4. The van der Waals surface area contributed by atoms with Gasteiger partial charge < -0.3 is 29.2 Å². The zero-order chi connectivity index (χ0) is 23.9. The molecule has 0 spiro atoms. The highest BCUT2D eigenvalue weighted by Crippen LogP contribution is 2.41. The van der Waals surface area contributed by atoms with Gasteiger partial charge >= 0.3 is 0 Å². The second kappa shape index (κ2) is 11.1. The number of benzene rings is 2. The molecule has 0 saturated carbocycles. The fourth-order valence-electron chi connectivity index (χ4n) is 4.52. The van der Waals surface area contributed by atoms with Crippen molar-refractivity contribution in [1.82, 2.24) is 10.3 Å². The van der Waals surface area contributed by atoms with Crippen LogP contribution < -0.4 is 29.2 Å². The second-order valence-corrected chi connectivity index (χ2v) is 8.31. The normalized spacial score (nSPS) is 13.9. The molecule has 180 valence electrons. The van der Waals surface area contributed by atoms with Crippen molar-refractivity contribution in [2.75, 3.05) is 46.4 Å². The number of hydrogen-bond acceptors (Lipinski definition) is 7. The first-order chi connectivity index (χ1) is 16.7. The number of aromatic nitrogens is 1. The fourth-order valence-corrected chi connectivity index (χ4v) is 4.52. The average Bonchev–Trinajstić information content (AvgIpc) is 2.91. The molecule has 1 N–H and O–H groups in total. The maximum Gasteiger partial charge on any atom is 0.203 e. The van der Waals surface area contributed by atoms with Crippen molar-refractivity contribution in [3.63, 3.8) is 0 Å². The molecule has 1 saturated heterocycles. The lowest BCUT2D eigenvalue weighted by Gasteiger charge is -2.36. The Labute approximate surface area is 201 Å². The Kier molecular flexibility index (Phi) is 7.75. The Morgan fingerprint density at radius 2 is 1.59 bits per heavy atom. The smallest absolute Gasteiger partial charge is 0.203 e. The van der Waals surface area contributed by atoms with E-state index in [1.807, 2.05) is 36.7 Å². The van der Waals surface area contributed by atoms with Crippen LogP contribution in [0.15, 0.2) is 54.9 Å². The largest absolute Gasteiger partial charge is 0.497 e. The van der Waals surface area contributed by atoms with E-state index in [2.05, 4.69) is 33.4 Å². The number of rotatable bonds is 9. The summed E-state index contributed by atoms with van der Waals surface area (Å²) in [6, 6.07) is 14.8. The lowest BCUT2D eigenvalue weighted by atomic mass is 10.0. The molecule has 34 heavy (non-hydrogen) atoms. The molecule has 0 amide bonds. The molecular weight excluding hydrogens is 430 g/mol. The van der Waals surface area contributed by atoms with Crippen LogP contribution in [-0.4, -0.2) is 52.6 Å². The van der Waals surface area contributed by atoms with Crippen molar-refractivity contribution in [2.45, 2.75) is 25.4 Å². The summed E-state index contributed by atoms with van der Waals surface area (Å²) in [5.74, 6) is 2.68. The Balaban J connectivity index is 1.68. The van der Waals surface area contributed by atoms with Crippen molar-refractivity contribution in [3.8, 4) is 34.1 Å². The molecule has 7 heteroatoms. The third-order valence-electron chi connectivity index (χ3n) is 6.28. The number of anilines is 1. The molecule has 1 aliphatic rings. The molecule has 1 aliphatic heterocycles. The van der Waals surface area contributed by atoms with Gasteiger partial charge in [0.15, 0.2) is 11.5 Å². The fraction of sp³-hybridized carbons (Fsp3) is 0.370. The van der Waals surface area contributed by atoms with Crippen LogP contribution in [0.1, 0.15) is 18.4 Å². The van der Waals surface area contributed by atoms with Crippen molar-refractivity contribution in [3.05, 3.63) is 60.4 Å². The summed E-state index contributed by atoms with van der Waals surface area (Å²) in [6.45, 7) is 2.80. The van der Waals surface area contributed by atoms with Crippen molar-refractivity contribution in [2.24, 2.45) is 0 Å². The average molecular weight is 464 g/mol. The van der Waals surface area contributed by atoms with Crippen LogP contribution in [-0.2, 0) is 6.54 Å². The predicted molar refractivity (Wildman–Crippen MR) is 134 cm³/mol. The van der Waals surface area contributed by atoms with Crippen LogP contribution in [0.5, 0.6) is 23.0 Å². The predicted octanol–water partition coefficient (Wildman–Crippen LogP) is 4.54. The van der Waals surface area contributed by atoms with E-state index in [0.717, 1.165) is 60.6 Å². The lowest BCUT2D eigenvalue weighted by Crippen LogP contribution is -2.43. The number of nitrogens with zero attached hydrogens (tertiary/aromatic N) is 2. The van der Waals surface area contributed by atoms with Gasteiger partial charge in [0.05, 0.1) is 28.4 Å². The van der Waals surface area contributed by atoms with Gasteiger partial charge in [-0.05, 0) is 67.4 Å². The molecule has 0 bridgehead atoms. The van der Waals surface area contributed by atoms with E-state index in [0.29, 0.717) is 23.3 Å². The molecule has 0 radical (unpaired) electrons. The Hall–Kier alpha value is -3.45. The topological polar surface area (TPSA) is 65.1 Å². The summed E-state index contributed by atoms with van der Waals surface area (Å²) >= 11 is 0. The minimum Gasteiger partial charge on any atom is -0.497 e. The summed E-state index contributed by atoms with van der Waals surface area (Å²) in [4.78, 5) is 7.04. The van der Waals surface area contributed by atoms with Gasteiger partial charge in [-0.15, -0.1) is 0 Å². The Morgan fingerprint density at radius 1 is 0.853 bits per heavy atom. The standard InChI is InChI=1S/C27H33N3O4/c1-31-24-7-5-6-23(15-24)30(22-8-10-28-11-9-22)18-19-12-21(17-29-16-19)20-13-25(32-2)27(34-4)26(14-20)33-3/h5-7,12-17,22,28H,8-11,18H2,1-4H3. The van der Waals surface area contributed by atoms with E-state index in [-0.39, 0.29) is 0 Å². The Morgan fingerprint density at radius 3 is 2.24 bits per heavy atom. The van der Waals surface area contributed by atoms with Gasteiger partial charge in [0.25, 0.3) is 0 Å². The molecule has 2 heterocycles. The van der Waals surface area contributed by atoms with E-state index in [1.54, 1.807) is 28.4 Å². The first kappa shape index (κ1) is 23.7. The number of pyridine rings is 1. The SMILES string of the molecule is COc1cccc(N(Cc2cncc(-c3cc(OC)c(OC)c(OC)c3)c2)C2CCNCC2)c1. The van der Waals surface area contributed by atoms with Crippen LogP contribution >= 0.6 is 0 Å². The highest BCUT2D eigenvalue weighted by atomic mass is 16.5. The van der Waals surface area contributed by atoms with Crippen molar-refractivity contribution in [1.29, 1.82) is 0 Å². The highest BCUT2D eigenvalue weighted by molar-refractivity contribution is 5.71. The molecule has 4 rings (SSSR count). The molecule has 0 atom stereocenters. The molecule has 0 aliphatic carbocycles. The van der Waals surface area contributed by atoms with Crippen molar-refractivity contribution >= 4 is 5.69 Å². The quantitative estimate of drug-likeness (QED) is 0.500. The summed E-state index contributed by atoms with van der Waals surface area (Å²) in [6.07, 6.45) is 5.99. The van der Waals surface area contributed by atoms with Crippen LogP contribution in [0, 0.1) is 0 Å². The summed E-state index contributed by atoms with van der Waals surface area (Å²) in [5.41, 5.74) is 4.24. The lowest BCUT2D eigenvalue weighted by molar-refractivity contribution is 0.324. The zero-order valence-corrected chi connectivity index (χ0v) is 20.3. The summed E-state index contributed by atoms with van der Waals surface area (Å²) < 4.78 is 22.1. The van der Waals surface area contributed by atoms with Gasteiger partial charge in [-0.2, -0.15) is 0 Å². The number of piperidine rings is 1. The highest BCUT2D eigenvalue weighted by Gasteiger charge is 2.22. The maximum absolute atomic E-state index is 5.54. The van der Waals surface area contributed by atoms with Gasteiger partial charge in [0.1, 0.15) is 5.75 Å². The third kappa shape index (κ3) is 5.20. The van der Waals surface area contributed by atoms with E-state index in [1.165, 1.54) is 0 Å². The number of ether oxygens (including phenoxy) is 4. The Bertz CT molecular complexity index is 1070. The van der Waals surface area contributed by atoms with Crippen LogP contribution in [0.3, 0.4) is 0 Å². The monoisotopic (exact) mass is 463 g/mol. The van der Waals surface area contributed by atoms with Gasteiger partial charge in [0, 0.05) is 42.3 Å². The second-order valence-electron chi connectivity index (χ2n) is 8.31. The van der Waals surface area contributed by atoms with Gasteiger partial charge in [0.2, 0.25) is 5.75 Å². The zero-order valence-electron chi connectivity index (χ0n) is 20.3. The maximum atomic E-state index is 5.54. The van der Waals surface area contributed by atoms with Crippen molar-refractivity contribution < 1.29 is 18.9 Å².